The summed E-state index contributed by atoms with van der Waals surface area (Å²) in [6.07, 6.45) is -5.24. The van der Waals surface area contributed by atoms with E-state index in [0.29, 0.717) is 21.8 Å². The second-order valence-electron chi connectivity index (χ2n) is 7.02. The molecule has 0 heterocycles. The third-order valence-corrected chi connectivity index (χ3v) is 4.77. The molecule has 0 aromatic heterocycles. The van der Waals surface area contributed by atoms with Crippen molar-refractivity contribution in [3.05, 3.63) is 64.2 Å². The van der Waals surface area contributed by atoms with Crippen LogP contribution in [0.4, 0.5) is 18.9 Å². The highest BCUT2D eigenvalue weighted by atomic mass is 35.5. The molecule has 1 atom stereocenters. The molecular weight excluding hydrogens is 435 g/mol. The molecule has 0 aliphatic carbocycles. The minimum atomic E-state index is -4.48. The average Bonchev–Trinajstić information content (AvgIpc) is 2.71. The summed E-state index contributed by atoms with van der Waals surface area (Å²) >= 11 is 6.15. The number of hydrogen-bond donors (Lipinski definition) is 0. The van der Waals surface area contributed by atoms with Crippen LogP contribution < -0.4 is 4.90 Å². The van der Waals surface area contributed by atoms with Crippen molar-refractivity contribution in [2.75, 3.05) is 26.1 Å². The number of alkyl halides is 3. The van der Waals surface area contributed by atoms with E-state index in [9.17, 15) is 22.8 Å². The van der Waals surface area contributed by atoms with E-state index in [1.165, 1.54) is 19.2 Å². The maximum absolute atomic E-state index is 13.0. The van der Waals surface area contributed by atoms with Crippen molar-refractivity contribution in [1.29, 1.82) is 0 Å². The summed E-state index contributed by atoms with van der Waals surface area (Å²) in [5.41, 5.74) is 0.772. The van der Waals surface area contributed by atoms with E-state index in [2.05, 4.69) is 4.74 Å². The van der Waals surface area contributed by atoms with Crippen molar-refractivity contribution < 1.29 is 32.2 Å². The summed E-state index contributed by atoms with van der Waals surface area (Å²) < 4.78 is 49.1. The summed E-state index contributed by atoms with van der Waals surface area (Å²) in [6.45, 7) is 0. The average molecular weight is 458 g/mol. The number of carbonyl (C=O) groups excluding carboxylic acids is 2. The summed E-state index contributed by atoms with van der Waals surface area (Å²) in [5.74, 6) is -1.05. The van der Waals surface area contributed by atoms with Crippen LogP contribution in [0.1, 0.15) is 42.1 Å². The van der Waals surface area contributed by atoms with Gasteiger partial charge in [-0.2, -0.15) is 13.2 Å². The molecule has 0 N–H and O–H groups in total. The number of halogens is 4. The first-order valence-electron chi connectivity index (χ1n) is 9.43. The maximum Gasteiger partial charge on any atom is 0.416 e. The molecule has 0 saturated carbocycles. The number of nitrogens with zero attached hydrogens (tertiary/aromatic N) is 1. The lowest BCUT2D eigenvalue weighted by Gasteiger charge is -2.25. The monoisotopic (exact) mass is 457 g/mol. The Balaban J connectivity index is 2.38. The molecule has 31 heavy (non-hydrogen) atoms. The van der Waals surface area contributed by atoms with Gasteiger partial charge in [-0.05, 0) is 42.3 Å². The molecule has 0 aliphatic heterocycles. The van der Waals surface area contributed by atoms with Crippen LogP contribution in [-0.4, -0.2) is 33.1 Å². The Morgan fingerprint density at radius 2 is 1.65 bits per heavy atom. The summed E-state index contributed by atoms with van der Waals surface area (Å²) in [5, 5.41) is 0.388. The van der Waals surface area contributed by atoms with Gasteiger partial charge < -0.3 is 14.4 Å². The van der Waals surface area contributed by atoms with Crippen LogP contribution in [0.25, 0.3) is 0 Å². The number of carbonyl (C=O) groups is 2. The van der Waals surface area contributed by atoms with Gasteiger partial charge in [0, 0.05) is 43.2 Å². The molecule has 0 amide bonds. The predicted octanol–water partition coefficient (Wildman–Crippen LogP) is 5.40. The van der Waals surface area contributed by atoms with E-state index in [0.717, 1.165) is 12.1 Å². The second-order valence-corrected chi connectivity index (χ2v) is 7.45. The zero-order valence-electron chi connectivity index (χ0n) is 17.3. The van der Waals surface area contributed by atoms with Gasteiger partial charge in [0.1, 0.15) is 0 Å². The molecule has 1 unspecified atom stereocenters. The number of methoxy groups -OCH3 is 1. The van der Waals surface area contributed by atoms with Gasteiger partial charge in [0.05, 0.1) is 12.7 Å². The quantitative estimate of drug-likeness (QED) is 0.497. The number of hydrogen-bond acceptors (Lipinski definition) is 5. The molecule has 0 spiro atoms. The van der Waals surface area contributed by atoms with Gasteiger partial charge in [-0.25, -0.2) is 0 Å². The van der Waals surface area contributed by atoms with E-state index >= 15 is 0 Å². The largest absolute Gasteiger partial charge is 0.469 e. The van der Waals surface area contributed by atoms with E-state index in [1.807, 2.05) is 0 Å². The van der Waals surface area contributed by atoms with Crippen molar-refractivity contribution in [1.82, 2.24) is 0 Å². The molecule has 2 aromatic rings. The first-order valence-corrected chi connectivity index (χ1v) is 9.81. The molecule has 2 aromatic carbocycles. The van der Waals surface area contributed by atoms with Crippen molar-refractivity contribution >= 4 is 29.2 Å². The minimum absolute atomic E-state index is 0.0515. The van der Waals surface area contributed by atoms with E-state index in [1.54, 1.807) is 37.2 Å². The van der Waals surface area contributed by atoms with Crippen LogP contribution in [-0.2, 0) is 25.2 Å². The van der Waals surface area contributed by atoms with Crippen LogP contribution >= 0.6 is 11.6 Å². The number of rotatable bonds is 8. The molecular formula is C22H23ClF3NO4. The van der Waals surface area contributed by atoms with E-state index < -0.39 is 29.8 Å². The molecule has 168 valence electrons. The van der Waals surface area contributed by atoms with E-state index in [4.69, 9.17) is 16.3 Å². The topological polar surface area (TPSA) is 55.8 Å². The Labute approximate surface area is 183 Å². The lowest BCUT2D eigenvalue weighted by atomic mass is 9.98. The Kier molecular flexibility index (Phi) is 8.33. The molecule has 2 rings (SSSR count). The Hall–Kier alpha value is -2.74. The fourth-order valence-corrected chi connectivity index (χ4v) is 3.15. The molecule has 0 aliphatic rings. The van der Waals surface area contributed by atoms with Gasteiger partial charge in [-0.3, -0.25) is 9.59 Å². The normalized spacial score (nSPS) is 12.2. The Morgan fingerprint density at radius 1 is 1.03 bits per heavy atom. The van der Waals surface area contributed by atoms with Crippen LogP contribution in [0.15, 0.2) is 42.5 Å². The Bertz CT molecular complexity index is 914. The number of ether oxygens (including phenoxy) is 2. The number of benzene rings is 2. The van der Waals surface area contributed by atoms with Crippen molar-refractivity contribution in [2.45, 2.75) is 31.5 Å². The lowest BCUT2D eigenvalue weighted by Crippen LogP contribution is -2.18. The third kappa shape index (κ3) is 6.89. The first kappa shape index (κ1) is 24.5. The summed E-state index contributed by atoms with van der Waals surface area (Å²) in [7, 11) is 4.83. The fourth-order valence-electron chi connectivity index (χ4n) is 2.97. The van der Waals surface area contributed by atoms with Gasteiger partial charge in [0.2, 0.25) is 0 Å². The molecule has 5 nitrogen and oxygen atoms in total. The molecule has 0 radical (unpaired) electrons. The van der Waals surface area contributed by atoms with Gasteiger partial charge in [0.25, 0.3) is 0 Å². The highest BCUT2D eigenvalue weighted by Crippen LogP contribution is 2.37. The summed E-state index contributed by atoms with van der Waals surface area (Å²) in [4.78, 5) is 25.5. The van der Waals surface area contributed by atoms with Crippen molar-refractivity contribution in [3.63, 3.8) is 0 Å². The first-order chi connectivity index (χ1) is 14.5. The molecule has 9 heteroatoms. The summed E-state index contributed by atoms with van der Waals surface area (Å²) in [6, 6.07) is 9.44. The number of esters is 2. The van der Waals surface area contributed by atoms with Crippen LogP contribution in [0.2, 0.25) is 5.02 Å². The van der Waals surface area contributed by atoms with Crippen molar-refractivity contribution in [3.8, 4) is 0 Å². The lowest BCUT2D eigenvalue weighted by molar-refractivity contribution is -0.148. The molecule has 0 bridgehead atoms. The third-order valence-electron chi connectivity index (χ3n) is 4.53. The molecule has 0 saturated heterocycles. The minimum Gasteiger partial charge on any atom is -0.469 e. The van der Waals surface area contributed by atoms with Crippen molar-refractivity contribution in [2.24, 2.45) is 0 Å². The fraction of sp³-hybridized carbons (Fsp3) is 0.364. The smallest absolute Gasteiger partial charge is 0.416 e. The Morgan fingerprint density at radius 3 is 2.19 bits per heavy atom. The zero-order chi connectivity index (χ0) is 23.2. The predicted molar refractivity (Wildman–Crippen MR) is 111 cm³/mol. The standard InChI is InChI=1S/C22H23ClF3NO4/c1-27(2)18-12-11-16(23)13-17(18)21(31-20(29)6-4-5-19(28)30-3)14-7-9-15(10-8-14)22(24,25)26/h7-13,21H,4-6H2,1-3H3. The highest BCUT2D eigenvalue weighted by molar-refractivity contribution is 6.30. The SMILES string of the molecule is COC(=O)CCCC(=O)OC(c1ccc(C(F)(F)F)cc1)c1cc(Cl)ccc1N(C)C. The number of anilines is 1. The van der Waals surface area contributed by atoms with Gasteiger partial charge >= 0.3 is 18.1 Å². The molecule has 0 fully saturated rings. The van der Waals surface area contributed by atoms with Gasteiger partial charge in [-0.1, -0.05) is 23.7 Å². The maximum atomic E-state index is 13.0. The van der Waals surface area contributed by atoms with Gasteiger partial charge in [-0.15, -0.1) is 0 Å². The highest BCUT2D eigenvalue weighted by Gasteiger charge is 2.31. The van der Waals surface area contributed by atoms with Crippen LogP contribution in [0.5, 0.6) is 0 Å². The van der Waals surface area contributed by atoms with Crippen LogP contribution in [0, 0.1) is 0 Å². The second kappa shape index (κ2) is 10.5. The van der Waals surface area contributed by atoms with Crippen LogP contribution in [0.3, 0.4) is 0 Å². The van der Waals surface area contributed by atoms with E-state index in [-0.39, 0.29) is 19.3 Å². The zero-order valence-corrected chi connectivity index (χ0v) is 18.1. The van der Waals surface area contributed by atoms with Gasteiger partial charge in [0.15, 0.2) is 6.10 Å².